The van der Waals surface area contributed by atoms with Gasteiger partial charge in [-0.3, -0.25) is 9.25 Å². The molecule has 2 N–H and O–H groups in total. The Morgan fingerprint density at radius 1 is 0.892 bits per heavy atom. The zero-order valence-electron chi connectivity index (χ0n) is 19.7. The molecule has 2 amide bonds. The van der Waals surface area contributed by atoms with E-state index in [4.69, 9.17) is 0 Å². The molecule has 182 valence electrons. The highest BCUT2D eigenvalue weighted by atomic mass is 19.1. The van der Waals surface area contributed by atoms with Crippen LogP contribution in [0.1, 0.15) is 0 Å². The summed E-state index contributed by atoms with van der Waals surface area (Å²) in [6, 6.07) is 18.7. The average Bonchev–Trinajstić information content (AvgIpc) is 3.66. The molecule has 3 heterocycles. The fraction of sp³-hybridized carbons (Fsp3) is 0.0370. The van der Waals surface area contributed by atoms with E-state index in [9.17, 15) is 9.18 Å². The van der Waals surface area contributed by atoms with E-state index in [-0.39, 0.29) is 5.82 Å². The van der Waals surface area contributed by atoms with E-state index in [0.29, 0.717) is 11.4 Å². The maximum Gasteiger partial charge on any atom is 0.323 e. The van der Waals surface area contributed by atoms with Crippen molar-refractivity contribution in [1.82, 2.24) is 29.1 Å². The third-order valence-electron chi connectivity index (χ3n) is 5.90. The number of benzene rings is 3. The van der Waals surface area contributed by atoms with Crippen LogP contribution in [-0.4, -0.2) is 35.1 Å². The number of halogens is 1. The van der Waals surface area contributed by atoms with E-state index < -0.39 is 6.03 Å². The van der Waals surface area contributed by atoms with Crippen LogP contribution in [0, 0.1) is 5.82 Å². The third-order valence-corrected chi connectivity index (χ3v) is 5.90. The quantitative estimate of drug-likeness (QED) is 0.337. The molecule has 0 aliphatic heterocycles. The molecule has 0 radical (unpaired) electrons. The Hall–Kier alpha value is -5.25. The molecular formula is C27H21FN8O. The van der Waals surface area contributed by atoms with Gasteiger partial charge >= 0.3 is 6.03 Å². The number of fused-ring (bicyclic) bond motifs is 1. The number of rotatable bonds is 5. The van der Waals surface area contributed by atoms with Crippen LogP contribution in [-0.2, 0) is 7.05 Å². The van der Waals surface area contributed by atoms with E-state index in [2.05, 4.69) is 25.8 Å². The van der Waals surface area contributed by atoms with Crippen LogP contribution in [0.2, 0.25) is 0 Å². The Kier molecular flexibility index (Phi) is 5.45. The van der Waals surface area contributed by atoms with Crippen molar-refractivity contribution < 1.29 is 9.18 Å². The van der Waals surface area contributed by atoms with Crippen molar-refractivity contribution in [2.24, 2.45) is 7.05 Å². The van der Waals surface area contributed by atoms with Gasteiger partial charge in [-0.25, -0.2) is 18.9 Å². The van der Waals surface area contributed by atoms with Crippen molar-refractivity contribution in [2.75, 3.05) is 10.6 Å². The van der Waals surface area contributed by atoms with E-state index in [1.165, 1.54) is 24.3 Å². The van der Waals surface area contributed by atoms with Crippen LogP contribution in [0.3, 0.4) is 0 Å². The maximum atomic E-state index is 13.2. The average molecular weight is 493 g/mol. The van der Waals surface area contributed by atoms with Gasteiger partial charge in [-0.1, -0.05) is 6.07 Å². The number of aryl methyl sites for hydroxylation is 1. The smallest absolute Gasteiger partial charge is 0.308 e. The lowest BCUT2D eigenvalue weighted by Gasteiger charge is -2.13. The summed E-state index contributed by atoms with van der Waals surface area (Å²) in [5, 5.41) is 14.2. The predicted octanol–water partition coefficient (Wildman–Crippen LogP) is 5.39. The lowest BCUT2D eigenvalue weighted by atomic mass is 10.1. The molecule has 0 aliphatic rings. The van der Waals surface area contributed by atoms with Crippen molar-refractivity contribution in [3.05, 3.63) is 104 Å². The molecular weight excluding hydrogens is 471 g/mol. The van der Waals surface area contributed by atoms with Crippen molar-refractivity contribution >= 4 is 28.4 Å². The first-order valence-corrected chi connectivity index (χ1v) is 11.5. The Labute approximate surface area is 210 Å². The van der Waals surface area contributed by atoms with Crippen LogP contribution in [0.4, 0.5) is 20.6 Å². The normalized spacial score (nSPS) is 11.1. The molecule has 37 heavy (non-hydrogen) atoms. The molecule has 6 aromatic rings. The Morgan fingerprint density at radius 2 is 1.70 bits per heavy atom. The number of amides is 2. The van der Waals surface area contributed by atoms with Gasteiger partial charge in [0.1, 0.15) is 12.1 Å². The molecule has 0 bridgehead atoms. The van der Waals surface area contributed by atoms with Crippen LogP contribution in [0.15, 0.2) is 97.8 Å². The highest BCUT2D eigenvalue weighted by molar-refractivity contribution is 6.00. The van der Waals surface area contributed by atoms with Crippen molar-refractivity contribution in [2.45, 2.75) is 0 Å². The summed E-state index contributed by atoms with van der Waals surface area (Å²) in [7, 11) is 1.88. The first kappa shape index (κ1) is 22.2. The highest BCUT2D eigenvalue weighted by Gasteiger charge is 2.12. The summed E-state index contributed by atoms with van der Waals surface area (Å²) >= 11 is 0. The number of carbonyl (C=O) groups excluding carboxylic acids is 1. The molecule has 6 rings (SSSR count). The standard InChI is InChI=1S/C27H21FN8O/c1-34-16-19(15-31-34)18-3-8-26-25(11-18)29-17-35(26)23-12-22(13-24(14-23)36-10-2-9-30-36)33-27(37)32-21-6-4-20(28)5-7-21/h2-17H,1H3,(H2,32,33,37). The number of urea groups is 1. The second-order valence-corrected chi connectivity index (χ2v) is 8.50. The molecule has 0 spiro atoms. The van der Waals surface area contributed by atoms with E-state index >= 15 is 0 Å². The van der Waals surface area contributed by atoms with Crippen molar-refractivity contribution in [1.29, 1.82) is 0 Å². The molecule has 3 aromatic heterocycles. The van der Waals surface area contributed by atoms with Crippen LogP contribution in [0.5, 0.6) is 0 Å². The molecule has 10 heteroatoms. The minimum absolute atomic E-state index is 0.373. The van der Waals surface area contributed by atoms with Gasteiger partial charge in [-0.2, -0.15) is 10.2 Å². The topological polar surface area (TPSA) is 94.6 Å². The largest absolute Gasteiger partial charge is 0.323 e. The molecule has 0 fully saturated rings. The summed E-state index contributed by atoms with van der Waals surface area (Å²) in [4.78, 5) is 17.3. The number of hydrogen-bond donors (Lipinski definition) is 2. The van der Waals surface area contributed by atoms with Crippen LogP contribution >= 0.6 is 0 Å². The summed E-state index contributed by atoms with van der Waals surface area (Å²) in [5.74, 6) is -0.373. The fourth-order valence-corrected chi connectivity index (χ4v) is 4.16. The van der Waals surface area contributed by atoms with E-state index in [1.54, 1.807) is 21.9 Å². The summed E-state index contributed by atoms with van der Waals surface area (Å²) < 4.78 is 18.6. The van der Waals surface area contributed by atoms with Gasteiger partial charge in [0, 0.05) is 42.6 Å². The van der Waals surface area contributed by atoms with Crippen LogP contribution < -0.4 is 10.6 Å². The monoisotopic (exact) mass is 492 g/mol. The number of imidazole rings is 1. The van der Waals surface area contributed by atoms with Gasteiger partial charge in [-0.05, 0) is 66.2 Å². The fourth-order valence-electron chi connectivity index (χ4n) is 4.16. The number of nitrogens with zero attached hydrogens (tertiary/aromatic N) is 6. The second-order valence-electron chi connectivity index (χ2n) is 8.50. The summed E-state index contributed by atoms with van der Waals surface area (Å²) in [6.07, 6.45) is 9.05. The predicted molar refractivity (Wildman–Crippen MR) is 139 cm³/mol. The SMILES string of the molecule is Cn1cc(-c2ccc3c(c2)ncn3-c2cc(NC(=O)Nc3ccc(F)cc3)cc(-n3cccn3)c2)cn1. The Morgan fingerprint density at radius 3 is 2.46 bits per heavy atom. The number of hydrogen-bond acceptors (Lipinski definition) is 4. The highest BCUT2D eigenvalue weighted by Crippen LogP contribution is 2.28. The molecule has 0 unspecified atom stereocenters. The first-order chi connectivity index (χ1) is 18.0. The lowest BCUT2D eigenvalue weighted by Crippen LogP contribution is -2.19. The van der Waals surface area contributed by atoms with Gasteiger partial charge in [-0.15, -0.1) is 0 Å². The number of nitrogens with one attached hydrogen (secondary N) is 2. The molecule has 0 saturated carbocycles. The summed E-state index contributed by atoms with van der Waals surface area (Å²) in [6.45, 7) is 0. The number of aromatic nitrogens is 6. The first-order valence-electron chi connectivity index (χ1n) is 11.5. The van der Waals surface area contributed by atoms with Gasteiger partial charge in [0.25, 0.3) is 0 Å². The molecule has 3 aromatic carbocycles. The Bertz CT molecular complexity index is 1720. The molecule has 0 aliphatic carbocycles. The zero-order chi connectivity index (χ0) is 25.4. The molecule has 0 atom stereocenters. The minimum Gasteiger partial charge on any atom is -0.308 e. The maximum absolute atomic E-state index is 13.2. The van der Waals surface area contributed by atoms with Gasteiger partial charge in [0.05, 0.1) is 28.6 Å². The van der Waals surface area contributed by atoms with Crippen molar-refractivity contribution in [3.63, 3.8) is 0 Å². The molecule has 0 saturated heterocycles. The lowest BCUT2D eigenvalue weighted by molar-refractivity contribution is 0.262. The van der Waals surface area contributed by atoms with Gasteiger partial charge < -0.3 is 10.6 Å². The van der Waals surface area contributed by atoms with Gasteiger partial charge in [0.15, 0.2) is 0 Å². The zero-order valence-corrected chi connectivity index (χ0v) is 19.7. The van der Waals surface area contributed by atoms with E-state index in [0.717, 1.165) is 33.5 Å². The third kappa shape index (κ3) is 4.55. The van der Waals surface area contributed by atoms with Gasteiger partial charge in [0.2, 0.25) is 0 Å². The summed E-state index contributed by atoms with van der Waals surface area (Å²) in [5.41, 5.74) is 6.36. The van der Waals surface area contributed by atoms with Crippen LogP contribution in [0.25, 0.3) is 33.5 Å². The molecule has 9 nitrogen and oxygen atoms in total. The second kappa shape index (κ2) is 9.08. The minimum atomic E-state index is -0.452. The Balaban J connectivity index is 1.35. The van der Waals surface area contributed by atoms with Crippen molar-refractivity contribution in [3.8, 4) is 22.5 Å². The van der Waals surface area contributed by atoms with E-state index in [1.807, 2.05) is 72.7 Å². The number of carbonyl (C=O) groups is 1. The number of anilines is 2.